The summed E-state index contributed by atoms with van der Waals surface area (Å²) in [7, 11) is 0. The molecule has 3 nitrogen and oxygen atoms in total. The van der Waals surface area contributed by atoms with E-state index in [1.165, 1.54) is 0 Å². The van der Waals surface area contributed by atoms with Crippen molar-refractivity contribution in [2.75, 3.05) is 19.6 Å². The van der Waals surface area contributed by atoms with Crippen LogP contribution in [0.3, 0.4) is 0 Å². The zero-order chi connectivity index (χ0) is 8.65. The fourth-order valence-corrected chi connectivity index (χ4v) is 1.48. The molecule has 0 fully saturated rings. The maximum Gasteiger partial charge on any atom is 0.106 e. The first-order chi connectivity index (χ1) is 5.93. The summed E-state index contributed by atoms with van der Waals surface area (Å²) in [4.78, 5) is 4.17. The highest BCUT2D eigenvalue weighted by Gasteiger charge is 1.92. The number of nitrogens with zero attached hydrogens (tertiary/aromatic N) is 1. The highest BCUT2D eigenvalue weighted by molar-refractivity contribution is 7.09. The molecule has 1 aromatic rings. The monoisotopic (exact) mass is 185 g/mol. The van der Waals surface area contributed by atoms with Gasteiger partial charge in [0.05, 0.1) is 0 Å². The molecular formula is C8H15N3S. The first kappa shape index (κ1) is 9.64. The summed E-state index contributed by atoms with van der Waals surface area (Å²) >= 11 is 1.69. The average Bonchev–Trinajstić information content (AvgIpc) is 2.57. The van der Waals surface area contributed by atoms with E-state index in [9.17, 15) is 0 Å². The van der Waals surface area contributed by atoms with Gasteiger partial charge in [-0.1, -0.05) is 6.92 Å². The van der Waals surface area contributed by atoms with Crippen molar-refractivity contribution in [3.8, 4) is 0 Å². The van der Waals surface area contributed by atoms with E-state index in [-0.39, 0.29) is 0 Å². The van der Waals surface area contributed by atoms with E-state index in [2.05, 4.69) is 22.5 Å². The van der Waals surface area contributed by atoms with Crippen LogP contribution < -0.4 is 10.6 Å². The van der Waals surface area contributed by atoms with E-state index in [1.54, 1.807) is 11.3 Å². The van der Waals surface area contributed by atoms with Crippen molar-refractivity contribution < 1.29 is 0 Å². The van der Waals surface area contributed by atoms with Crippen molar-refractivity contribution >= 4 is 11.3 Å². The second-order valence-electron chi connectivity index (χ2n) is 2.46. The minimum absolute atomic E-state index is 0.892. The van der Waals surface area contributed by atoms with Crippen LogP contribution in [-0.4, -0.2) is 24.6 Å². The average molecular weight is 185 g/mol. The SMILES string of the molecule is CCNCCNCc1nccs1. The predicted octanol–water partition coefficient (Wildman–Crippen LogP) is 0.842. The van der Waals surface area contributed by atoms with E-state index < -0.39 is 0 Å². The molecule has 0 aliphatic rings. The number of hydrogen-bond acceptors (Lipinski definition) is 4. The molecule has 0 aliphatic carbocycles. The number of aromatic nitrogens is 1. The lowest BCUT2D eigenvalue weighted by Crippen LogP contribution is -2.26. The molecule has 0 saturated carbocycles. The van der Waals surface area contributed by atoms with Crippen LogP contribution in [0.25, 0.3) is 0 Å². The third-order valence-corrected chi connectivity index (χ3v) is 2.27. The van der Waals surface area contributed by atoms with Gasteiger partial charge in [0.15, 0.2) is 0 Å². The highest BCUT2D eigenvalue weighted by atomic mass is 32.1. The molecule has 0 aliphatic heterocycles. The van der Waals surface area contributed by atoms with Gasteiger partial charge in [0.25, 0.3) is 0 Å². The Bertz CT molecular complexity index is 186. The normalized spacial score (nSPS) is 10.4. The van der Waals surface area contributed by atoms with Crippen molar-refractivity contribution in [1.29, 1.82) is 0 Å². The summed E-state index contributed by atoms with van der Waals surface area (Å²) in [6.07, 6.45) is 1.84. The largest absolute Gasteiger partial charge is 0.316 e. The van der Waals surface area contributed by atoms with Gasteiger partial charge >= 0.3 is 0 Å². The Morgan fingerprint density at radius 3 is 2.92 bits per heavy atom. The zero-order valence-electron chi connectivity index (χ0n) is 7.34. The van der Waals surface area contributed by atoms with Crippen LogP contribution in [0.1, 0.15) is 11.9 Å². The van der Waals surface area contributed by atoms with Crippen molar-refractivity contribution in [3.63, 3.8) is 0 Å². The summed E-state index contributed by atoms with van der Waals surface area (Å²) in [6.45, 7) is 6.08. The lowest BCUT2D eigenvalue weighted by Gasteiger charge is -2.01. The van der Waals surface area contributed by atoms with Crippen LogP contribution in [0, 0.1) is 0 Å². The lowest BCUT2D eigenvalue weighted by atomic mass is 10.5. The van der Waals surface area contributed by atoms with E-state index >= 15 is 0 Å². The van der Waals surface area contributed by atoms with Crippen LogP contribution in [-0.2, 0) is 6.54 Å². The topological polar surface area (TPSA) is 37.0 Å². The van der Waals surface area contributed by atoms with Gasteiger partial charge in [0, 0.05) is 31.2 Å². The molecule has 0 aromatic carbocycles. The molecule has 0 spiro atoms. The highest BCUT2D eigenvalue weighted by Crippen LogP contribution is 2.01. The van der Waals surface area contributed by atoms with Crippen molar-refractivity contribution in [2.45, 2.75) is 13.5 Å². The molecule has 1 aromatic heterocycles. The first-order valence-electron chi connectivity index (χ1n) is 4.23. The first-order valence-corrected chi connectivity index (χ1v) is 5.11. The second kappa shape index (κ2) is 6.11. The van der Waals surface area contributed by atoms with Crippen LogP contribution in [0.2, 0.25) is 0 Å². The number of thiazole rings is 1. The fourth-order valence-electron chi connectivity index (χ4n) is 0.889. The lowest BCUT2D eigenvalue weighted by molar-refractivity contribution is 0.623. The molecule has 2 N–H and O–H groups in total. The zero-order valence-corrected chi connectivity index (χ0v) is 8.16. The molecule has 0 unspecified atom stereocenters. The number of nitrogens with one attached hydrogen (secondary N) is 2. The third kappa shape index (κ3) is 3.80. The minimum Gasteiger partial charge on any atom is -0.316 e. The summed E-state index contributed by atoms with van der Waals surface area (Å²) < 4.78 is 0. The summed E-state index contributed by atoms with van der Waals surface area (Å²) in [6, 6.07) is 0. The fraction of sp³-hybridized carbons (Fsp3) is 0.625. The summed E-state index contributed by atoms with van der Waals surface area (Å²) in [5.74, 6) is 0. The van der Waals surface area contributed by atoms with Gasteiger partial charge in [0.2, 0.25) is 0 Å². The molecular weight excluding hydrogens is 170 g/mol. The van der Waals surface area contributed by atoms with Gasteiger partial charge in [-0.05, 0) is 6.54 Å². The van der Waals surface area contributed by atoms with Crippen LogP contribution in [0.15, 0.2) is 11.6 Å². The molecule has 0 atom stereocenters. The Balaban J connectivity index is 1.96. The summed E-state index contributed by atoms with van der Waals surface area (Å²) in [5.41, 5.74) is 0. The second-order valence-corrected chi connectivity index (χ2v) is 3.44. The number of hydrogen-bond donors (Lipinski definition) is 2. The standard InChI is InChI=1S/C8H15N3S/c1-2-9-3-4-10-7-8-11-5-6-12-8/h5-6,9-10H,2-4,7H2,1H3. The smallest absolute Gasteiger partial charge is 0.106 e. The van der Waals surface area contributed by atoms with Gasteiger partial charge in [-0.2, -0.15) is 0 Å². The molecule has 0 bridgehead atoms. The summed E-state index contributed by atoms with van der Waals surface area (Å²) in [5, 5.41) is 9.72. The molecule has 1 heterocycles. The van der Waals surface area contributed by atoms with E-state index in [4.69, 9.17) is 0 Å². The molecule has 0 radical (unpaired) electrons. The van der Waals surface area contributed by atoms with Crippen molar-refractivity contribution in [1.82, 2.24) is 15.6 Å². The van der Waals surface area contributed by atoms with Crippen molar-refractivity contribution in [3.05, 3.63) is 16.6 Å². The van der Waals surface area contributed by atoms with E-state index in [1.807, 2.05) is 11.6 Å². The Labute approximate surface area is 77.2 Å². The van der Waals surface area contributed by atoms with E-state index in [0.717, 1.165) is 31.2 Å². The Morgan fingerprint density at radius 2 is 2.25 bits per heavy atom. The minimum atomic E-state index is 0.892. The Kier molecular flexibility index (Phi) is 4.91. The molecule has 1 rings (SSSR count). The van der Waals surface area contributed by atoms with Gasteiger partial charge < -0.3 is 10.6 Å². The van der Waals surface area contributed by atoms with Gasteiger partial charge in [-0.3, -0.25) is 0 Å². The number of likely N-dealkylation sites (N-methyl/N-ethyl adjacent to an activating group) is 1. The molecule has 0 saturated heterocycles. The van der Waals surface area contributed by atoms with Gasteiger partial charge in [-0.15, -0.1) is 11.3 Å². The van der Waals surface area contributed by atoms with Crippen LogP contribution in [0.5, 0.6) is 0 Å². The van der Waals surface area contributed by atoms with Crippen LogP contribution >= 0.6 is 11.3 Å². The quantitative estimate of drug-likeness (QED) is 0.645. The van der Waals surface area contributed by atoms with Crippen molar-refractivity contribution in [2.24, 2.45) is 0 Å². The van der Waals surface area contributed by atoms with E-state index in [0.29, 0.717) is 0 Å². The molecule has 0 amide bonds. The Morgan fingerprint density at radius 1 is 1.42 bits per heavy atom. The molecule has 68 valence electrons. The number of rotatable bonds is 6. The predicted molar refractivity (Wildman–Crippen MR) is 52.4 cm³/mol. The maximum absolute atomic E-state index is 4.17. The van der Waals surface area contributed by atoms with Gasteiger partial charge in [0.1, 0.15) is 5.01 Å². The molecule has 4 heteroatoms. The maximum atomic E-state index is 4.17. The Hall–Kier alpha value is -0.450. The third-order valence-electron chi connectivity index (χ3n) is 1.49. The van der Waals surface area contributed by atoms with Gasteiger partial charge in [-0.25, -0.2) is 4.98 Å². The van der Waals surface area contributed by atoms with Crippen LogP contribution in [0.4, 0.5) is 0 Å². The molecule has 12 heavy (non-hydrogen) atoms.